The van der Waals surface area contributed by atoms with E-state index >= 15 is 0 Å². The Balaban J connectivity index is 1.80. The second-order valence-electron chi connectivity index (χ2n) is 8.27. The van der Waals surface area contributed by atoms with Gasteiger partial charge in [-0.15, -0.1) is 0 Å². The number of aryl methyl sites for hydroxylation is 2. The predicted molar refractivity (Wildman–Crippen MR) is 129 cm³/mol. The second-order valence-corrected chi connectivity index (χ2v) is 8.27. The molecule has 0 spiro atoms. The van der Waals surface area contributed by atoms with Crippen LogP contribution >= 0.6 is 0 Å². The number of amides is 1. The van der Waals surface area contributed by atoms with Crippen molar-refractivity contribution in [1.82, 2.24) is 4.98 Å². The van der Waals surface area contributed by atoms with E-state index in [4.69, 9.17) is 0 Å². The average Bonchev–Trinajstić information content (AvgIpc) is 3.10. The van der Waals surface area contributed by atoms with E-state index in [0.717, 1.165) is 21.9 Å². The smallest absolute Gasteiger partial charge is 0.300 e. The Labute approximate surface area is 191 Å². The quantitative estimate of drug-likeness (QED) is 0.263. The summed E-state index contributed by atoms with van der Waals surface area (Å²) in [6.45, 7) is 3.84. The number of carbonyl (C=O) groups is 2. The number of aliphatic hydroxyl groups excluding tert-OH is 1. The minimum absolute atomic E-state index is 0.0604. The van der Waals surface area contributed by atoms with Gasteiger partial charge in [0.05, 0.1) is 11.6 Å². The van der Waals surface area contributed by atoms with E-state index in [9.17, 15) is 14.7 Å². The van der Waals surface area contributed by atoms with E-state index in [1.54, 1.807) is 24.5 Å². The molecule has 0 saturated carbocycles. The van der Waals surface area contributed by atoms with Crippen molar-refractivity contribution in [1.29, 1.82) is 0 Å². The number of carbonyl (C=O) groups excluding carboxylic acids is 2. The molecule has 1 N–H and O–H groups in total. The minimum Gasteiger partial charge on any atom is -0.507 e. The molecule has 162 valence electrons. The molecule has 0 aliphatic carbocycles. The first-order valence-electron chi connectivity index (χ1n) is 10.7. The van der Waals surface area contributed by atoms with Crippen LogP contribution in [0.15, 0.2) is 90.8 Å². The highest BCUT2D eigenvalue weighted by Gasteiger charge is 2.47. The molecule has 0 radical (unpaired) electrons. The highest BCUT2D eigenvalue weighted by atomic mass is 16.3. The topological polar surface area (TPSA) is 70.5 Å². The molecule has 4 aromatic rings. The Bertz CT molecular complexity index is 1440. The molecule has 5 heteroatoms. The first-order valence-corrected chi connectivity index (χ1v) is 10.7. The van der Waals surface area contributed by atoms with Crippen LogP contribution in [0, 0.1) is 13.8 Å². The Morgan fingerprint density at radius 2 is 1.73 bits per heavy atom. The number of benzene rings is 3. The minimum atomic E-state index is -0.793. The van der Waals surface area contributed by atoms with Crippen LogP contribution in [0.1, 0.15) is 28.3 Å². The standard InChI is InChI=1S/C28H22N2O3/c1-17-12-13-18(2)23(15-17)30-25(20-9-6-14-29-16-20)24(27(32)28(30)33)26(31)22-11-5-8-19-7-3-4-10-21(19)22/h3-16,25,31H,1-2H3/b26-24-. The van der Waals surface area contributed by atoms with E-state index in [1.165, 1.54) is 4.90 Å². The molecule has 1 unspecified atom stereocenters. The Hall–Kier alpha value is -4.25. The maximum Gasteiger partial charge on any atom is 0.300 e. The normalized spacial score (nSPS) is 17.6. The van der Waals surface area contributed by atoms with Gasteiger partial charge >= 0.3 is 0 Å². The SMILES string of the molecule is Cc1ccc(C)c(N2C(=O)C(=O)/C(=C(\O)c3cccc4ccccc34)C2c2cccnc2)c1. The number of hydrogen-bond donors (Lipinski definition) is 1. The lowest BCUT2D eigenvalue weighted by Gasteiger charge is -2.27. The molecule has 1 atom stereocenters. The van der Waals surface area contributed by atoms with Crippen molar-refractivity contribution in [3.63, 3.8) is 0 Å². The summed E-state index contributed by atoms with van der Waals surface area (Å²) >= 11 is 0. The van der Waals surface area contributed by atoms with Gasteiger partial charge in [0.2, 0.25) is 0 Å². The number of hydrogen-bond acceptors (Lipinski definition) is 4. The van der Waals surface area contributed by atoms with Crippen molar-refractivity contribution in [2.45, 2.75) is 19.9 Å². The molecule has 1 aliphatic heterocycles. The highest BCUT2D eigenvalue weighted by Crippen LogP contribution is 2.43. The van der Waals surface area contributed by atoms with Crippen LogP contribution < -0.4 is 4.90 Å². The number of pyridine rings is 1. The second kappa shape index (κ2) is 8.02. The van der Waals surface area contributed by atoms with E-state index < -0.39 is 17.7 Å². The zero-order valence-corrected chi connectivity index (χ0v) is 18.3. The number of fused-ring (bicyclic) bond motifs is 1. The molecule has 5 rings (SSSR count). The molecular formula is C28H22N2O3. The van der Waals surface area contributed by atoms with Gasteiger partial charge in [0.25, 0.3) is 11.7 Å². The van der Waals surface area contributed by atoms with Crippen molar-refractivity contribution in [3.05, 3.63) is 113 Å². The van der Waals surface area contributed by atoms with Crippen LogP contribution in [0.5, 0.6) is 0 Å². The van der Waals surface area contributed by atoms with Crippen LogP contribution in [-0.2, 0) is 9.59 Å². The van der Waals surface area contributed by atoms with Crippen LogP contribution in [0.2, 0.25) is 0 Å². The zero-order chi connectivity index (χ0) is 23.1. The zero-order valence-electron chi connectivity index (χ0n) is 18.3. The van der Waals surface area contributed by atoms with Gasteiger partial charge in [-0.05, 0) is 53.4 Å². The number of Topliss-reactive ketones (excluding diaryl/α,β-unsaturated/α-hetero) is 1. The monoisotopic (exact) mass is 434 g/mol. The fourth-order valence-corrected chi connectivity index (χ4v) is 4.49. The molecule has 1 fully saturated rings. The van der Waals surface area contributed by atoms with Crippen molar-refractivity contribution in [2.75, 3.05) is 4.90 Å². The molecule has 1 saturated heterocycles. The van der Waals surface area contributed by atoms with Gasteiger partial charge in [-0.2, -0.15) is 0 Å². The number of aliphatic hydroxyl groups is 1. The maximum atomic E-state index is 13.4. The lowest BCUT2D eigenvalue weighted by atomic mass is 9.94. The van der Waals surface area contributed by atoms with Crippen molar-refractivity contribution in [3.8, 4) is 0 Å². The highest BCUT2D eigenvalue weighted by molar-refractivity contribution is 6.52. The Kier molecular flexibility index (Phi) is 5.02. The Morgan fingerprint density at radius 3 is 2.52 bits per heavy atom. The summed E-state index contributed by atoms with van der Waals surface area (Å²) in [4.78, 5) is 32.5. The fourth-order valence-electron chi connectivity index (χ4n) is 4.49. The van der Waals surface area contributed by atoms with Gasteiger partial charge in [-0.1, -0.05) is 60.7 Å². The molecule has 1 aromatic heterocycles. The van der Waals surface area contributed by atoms with Gasteiger partial charge in [0.15, 0.2) is 0 Å². The van der Waals surface area contributed by atoms with Crippen LogP contribution in [0.25, 0.3) is 16.5 Å². The fraction of sp³-hybridized carbons (Fsp3) is 0.107. The van der Waals surface area contributed by atoms with Gasteiger partial charge < -0.3 is 5.11 Å². The number of ketones is 1. The summed E-state index contributed by atoms with van der Waals surface area (Å²) < 4.78 is 0. The summed E-state index contributed by atoms with van der Waals surface area (Å²) in [5.41, 5.74) is 3.70. The summed E-state index contributed by atoms with van der Waals surface area (Å²) in [6.07, 6.45) is 3.27. The van der Waals surface area contributed by atoms with E-state index in [-0.39, 0.29) is 11.3 Å². The van der Waals surface area contributed by atoms with Crippen molar-refractivity contribution < 1.29 is 14.7 Å². The first-order chi connectivity index (χ1) is 16.0. The van der Waals surface area contributed by atoms with Gasteiger partial charge in [-0.25, -0.2) is 0 Å². The maximum absolute atomic E-state index is 13.4. The summed E-state index contributed by atoms with van der Waals surface area (Å²) in [5, 5.41) is 13.2. The molecular weight excluding hydrogens is 412 g/mol. The molecule has 3 aromatic carbocycles. The lowest BCUT2D eigenvalue weighted by molar-refractivity contribution is -0.132. The first kappa shape index (κ1) is 20.6. The molecule has 1 aliphatic rings. The number of rotatable bonds is 3. The van der Waals surface area contributed by atoms with Gasteiger partial charge in [0, 0.05) is 23.6 Å². The molecule has 2 heterocycles. The largest absolute Gasteiger partial charge is 0.507 e. The van der Waals surface area contributed by atoms with Gasteiger partial charge in [-0.3, -0.25) is 19.5 Å². The van der Waals surface area contributed by atoms with Crippen molar-refractivity contribution >= 4 is 33.9 Å². The summed E-state index contributed by atoms with van der Waals surface area (Å²) in [6, 6.07) is 21.7. The lowest BCUT2D eigenvalue weighted by Crippen LogP contribution is -2.30. The molecule has 1 amide bonds. The third-order valence-corrected chi connectivity index (χ3v) is 6.11. The number of nitrogens with zero attached hydrogens (tertiary/aromatic N) is 2. The van der Waals surface area contributed by atoms with E-state index in [1.807, 2.05) is 74.5 Å². The van der Waals surface area contributed by atoms with Gasteiger partial charge in [0.1, 0.15) is 5.76 Å². The number of aromatic nitrogens is 1. The summed E-state index contributed by atoms with van der Waals surface area (Å²) in [5.74, 6) is -1.57. The Morgan fingerprint density at radius 1 is 0.939 bits per heavy atom. The number of anilines is 1. The molecule has 33 heavy (non-hydrogen) atoms. The van der Waals surface area contributed by atoms with Crippen LogP contribution in [-0.4, -0.2) is 21.8 Å². The van der Waals surface area contributed by atoms with Crippen LogP contribution in [0.3, 0.4) is 0 Å². The summed E-state index contributed by atoms with van der Waals surface area (Å²) in [7, 11) is 0. The third-order valence-electron chi connectivity index (χ3n) is 6.11. The van der Waals surface area contributed by atoms with Crippen molar-refractivity contribution in [2.24, 2.45) is 0 Å². The molecule has 5 nitrogen and oxygen atoms in total. The molecule has 0 bridgehead atoms. The van der Waals surface area contributed by atoms with E-state index in [0.29, 0.717) is 16.8 Å². The average molecular weight is 434 g/mol. The van der Waals surface area contributed by atoms with Crippen LogP contribution in [0.4, 0.5) is 5.69 Å². The predicted octanol–water partition coefficient (Wildman–Crippen LogP) is 5.48. The third kappa shape index (κ3) is 3.38. The van der Waals surface area contributed by atoms with E-state index in [2.05, 4.69) is 4.98 Å².